The lowest BCUT2D eigenvalue weighted by Crippen LogP contribution is -2.31. The van der Waals surface area contributed by atoms with Gasteiger partial charge < -0.3 is 10.5 Å². The lowest BCUT2D eigenvalue weighted by Gasteiger charge is -2.25. The van der Waals surface area contributed by atoms with Crippen LogP contribution in [-0.4, -0.2) is 38.3 Å². The van der Waals surface area contributed by atoms with Gasteiger partial charge in [0.1, 0.15) is 0 Å². The molecule has 0 spiro atoms. The van der Waals surface area contributed by atoms with E-state index in [4.69, 9.17) is 22.1 Å². The Hall–Kier alpha value is -0.130. The topological polar surface area (TPSA) is 38.5 Å². The van der Waals surface area contributed by atoms with Crippen LogP contribution in [0, 0.1) is 5.92 Å². The van der Waals surface area contributed by atoms with Crippen molar-refractivity contribution < 1.29 is 4.74 Å². The van der Waals surface area contributed by atoms with Gasteiger partial charge in [0.05, 0.1) is 17.0 Å². The maximum absolute atomic E-state index is 5.99. The molecule has 1 saturated heterocycles. The smallest absolute Gasteiger partial charge is 0.0931 e. The first-order chi connectivity index (χ1) is 8.24. The van der Waals surface area contributed by atoms with Crippen LogP contribution < -0.4 is 5.73 Å². The first-order valence-electron chi connectivity index (χ1n) is 5.93. The molecule has 1 aliphatic heterocycles. The van der Waals surface area contributed by atoms with E-state index in [1.54, 1.807) is 18.4 Å². The maximum Gasteiger partial charge on any atom is 0.0931 e. The molecule has 1 aromatic heterocycles. The molecule has 0 aromatic carbocycles. The number of rotatable bonds is 5. The number of hydrogen-bond acceptors (Lipinski definition) is 4. The average Bonchev–Trinajstić information content (AvgIpc) is 2.91. The second-order valence-corrected chi connectivity index (χ2v) is 6.25. The van der Waals surface area contributed by atoms with Gasteiger partial charge in [-0.3, -0.25) is 4.90 Å². The third-order valence-corrected chi connectivity index (χ3v) is 4.64. The largest absolute Gasteiger partial charge is 0.384 e. The van der Waals surface area contributed by atoms with E-state index >= 15 is 0 Å². The zero-order valence-electron chi connectivity index (χ0n) is 10.1. The van der Waals surface area contributed by atoms with E-state index in [0.717, 1.165) is 24.0 Å². The van der Waals surface area contributed by atoms with Crippen molar-refractivity contribution in [3.63, 3.8) is 0 Å². The molecule has 1 aromatic rings. The quantitative estimate of drug-likeness (QED) is 0.896. The van der Waals surface area contributed by atoms with Crippen molar-refractivity contribution in [1.29, 1.82) is 0 Å². The lowest BCUT2D eigenvalue weighted by atomic mass is 10.1. The van der Waals surface area contributed by atoms with Gasteiger partial charge in [0.15, 0.2) is 0 Å². The van der Waals surface area contributed by atoms with E-state index in [2.05, 4.69) is 11.0 Å². The predicted molar refractivity (Wildman–Crippen MR) is 72.7 cm³/mol. The monoisotopic (exact) mass is 274 g/mol. The number of likely N-dealkylation sites (tertiary alicyclic amines) is 1. The third kappa shape index (κ3) is 3.20. The summed E-state index contributed by atoms with van der Waals surface area (Å²) in [5.41, 5.74) is 5.90. The second-order valence-electron chi connectivity index (χ2n) is 4.50. The number of hydrogen-bond donors (Lipinski definition) is 1. The van der Waals surface area contributed by atoms with Gasteiger partial charge >= 0.3 is 0 Å². The van der Waals surface area contributed by atoms with Crippen molar-refractivity contribution in [2.24, 2.45) is 11.7 Å². The summed E-state index contributed by atoms with van der Waals surface area (Å²) in [4.78, 5) is 3.72. The molecular weight excluding hydrogens is 256 g/mol. The second kappa shape index (κ2) is 6.16. The lowest BCUT2D eigenvalue weighted by molar-refractivity contribution is 0.148. The molecule has 17 heavy (non-hydrogen) atoms. The Kier molecular flexibility index (Phi) is 4.82. The summed E-state index contributed by atoms with van der Waals surface area (Å²) in [6.45, 7) is 3.67. The molecular formula is C12H19ClN2OS. The molecule has 3 nitrogen and oxygen atoms in total. The number of ether oxygens (including phenoxy) is 1. The van der Waals surface area contributed by atoms with Gasteiger partial charge in [-0.25, -0.2) is 0 Å². The molecule has 2 heterocycles. The van der Waals surface area contributed by atoms with Crippen LogP contribution in [0.2, 0.25) is 4.34 Å². The molecule has 0 bridgehead atoms. The summed E-state index contributed by atoms with van der Waals surface area (Å²) < 4.78 is 6.06. The Balaban J connectivity index is 2.00. The molecule has 0 radical (unpaired) electrons. The van der Waals surface area contributed by atoms with Crippen molar-refractivity contribution in [3.05, 3.63) is 21.3 Å². The summed E-state index contributed by atoms with van der Waals surface area (Å²) in [5.74, 6) is 0.643. The molecule has 0 aliphatic carbocycles. The maximum atomic E-state index is 5.99. The van der Waals surface area contributed by atoms with Gasteiger partial charge in [-0.2, -0.15) is 0 Å². The molecule has 2 unspecified atom stereocenters. The van der Waals surface area contributed by atoms with Crippen molar-refractivity contribution >= 4 is 22.9 Å². The van der Waals surface area contributed by atoms with Crippen LogP contribution in [0.25, 0.3) is 0 Å². The molecule has 2 rings (SSSR count). The molecule has 2 atom stereocenters. The third-order valence-electron chi connectivity index (χ3n) is 3.31. The Morgan fingerprint density at radius 1 is 1.65 bits per heavy atom. The van der Waals surface area contributed by atoms with Crippen LogP contribution in [0.15, 0.2) is 12.1 Å². The van der Waals surface area contributed by atoms with Crippen LogP contribution in [-0.2, 0) is 4.74 Å². The zero-order valence-corrected chi connectivity index (χ0v) is 11.6. The highest BCUT2D eigenvalue weighted by Gasteiger charge is 2.29. The molecule has 0 saturated carbocycles. The summed E-state index contributed by atoms with van der Waals surface area (Å²) in [5, 5.41) is 0. The normalized spacial score (nSPS) is 23.1. The Bertz CT molecular complexity index is 358. The van der Waals surface area contributed by atoms with E-state index in [-0.39, 0.29) is 0 Å². The van der Waals surface area contributed by atoms with Gasteiger partial charge in [-0.1, -0.05) is 11.6 Å². The van der Waals surface area contributed by atoms with E-state index in [9.17, 15) is 0 Å². The molecule has 1 fully saturated rings. The van der Waals surface area contributed by atoms with Crippen molar-refractivity contribution in [2.45, 2.75) is 12.5 Å². The van der Waals surface area contributed by atoms with Crippen molar-refractivity contribution in [2.75, 3.05) is 33.4 Å². The highest BCUT2D eigenvalue weighted by Crippen LogP contribution is 2.33. The van der Waals surface area contributed by atoms with Crippen LogP contribution in [0.5, 0.6) is 0 Å². The van der Waals surface area contributed by atoms with Crippen LogP contribution in [0.1, 0.15) is 17.3 Å². The number of nitrogens with zero attached hydrogens (tertiary/aromatic N) is 1. The van der Waals surface area contributed by atoms with Crippen LogP contribution in [0.4, 0.5) is 0 Å². The van der Waals surface area contributed by atoms with Gasteiger partial charge in [-0.15, -0.1) is 11.3 Å². The number of thiophene rings is 1. The van der Waals surface area contributed by atoms with Crippen LogP contribution in [0.3, 0.4) is 0 Å². The van der Waals surface area contributed by atoms with Crippen LogP contribution >= 0.6 is 22.9 Å². The van der Waals surface area contributed by atoms with E-state index in [0.29, 0.717) is 18.5 Å². The Morgan fingerprint density at radius 3 is 3.06 bits per heavy atom. The standard InChI is InChI=1S/C12H19ClN2OS/c1-16-8-9-4-5-15(7-9)10(6-14)11-2-3-12(13)17-11/h2-3,9-10H,4-8,14H2,1H3. The number of nitrogens with two attached hydrogens (primary N) is 1. The first-order valence-corrected chi connectivity index (χ1v) is 7.12. The van der Waals surface area contributed by atoms with Gasteiger partial charge in [0.25, 0.3) is 0 Å². The van der Waals surface area contributed by atoms with E-state index in [1.807, 2.05) is 6.07 Å². The van der Waals surface area contributed by atoms with Gasteiger partial charge in [0.2, 0.25) is 0 Å². The molecule has 2 N–H and O–H groups in total. The summed E-state index contributed by atoms with van der Waals surface area (Å²) in [6, 6.07) is 4.36. The fourth-order valence-electron chi connectivity index (χ4n) is 2.47. The summed E-state index contributed by atoms with van der Waals surface area (Å²) >= 11 is 7.62. The Morgan fingerprint density at radius 2 is 2.47 bits per heavy atom. The minimum atomic E-state index is 0.314. The molecule has 1 aliphatic rings. The highest BCUT2D eigenvalue weighted by atomic mass is 35.5. The fraction of sp³-hybridized carbons (Fsp3) is 0.667. The molecule has 0 amide bonds. The van der Waals surface area contributed by atoms with E-state index in [1.165, 1.54) is 11.3 Å². The average molecular weight is 275 g/mol. The fourth-order valence-corrected chi connectivity index (χ4v) is 3.68. The zero-order chi connectivity index (χ0) is 12.3. The summed E-state index contributed by atoms with van der Waals surface area (Å²) in [7, 11) is 1.77. The van der Waals surface area contributed by atoms with Crippen molar-refractivity contribution in [3.8, 4) is 0 Å². The predicted octanol–water partition coefficient (Wildman–Crippen LogP) is 2.37. The highest BCUT2D eigenvalue weighted by molar-refractivity contribution is 7.16. The first kappa shape index (κ1) is 13.3. The number of methoxy groups -OCH3 is 1. The molecule has 5 heteroatoms. The minimum absolute atomic E-state index is 0.314. The van der Waals surface area contributed by atoms with Gasteiger partial charge in [0, 0.05) is 25.1 Å². The Labute approximate surface area is 112 Å². The van der Waals surface area contributed by atoms with Gasteiger partial charge in [-0.05, 0) is 31.0 Å². The number of halogens is 1. The SMILES string of the molecule is COCC1CCN(C(CN)c2ccc(Cl)s2)C1. The minimum Gasteiger partial charge on any atom is -0.384 e. The molecule has 96 valence electrons. The summed E-state index contributed by atoms with van der Waals surface area (Å²) in [6.07, 6.45) is 1.20. The van der Waals surface area contributed by atoms with Crippen molar-refractivity contribution in [1.82, 2.24) is 4.90 Å². The van der Waals surface area contributed by atoms with E-state index < -0.39 is 0 Å².